The fourth-order valence-corrected chi connectivity index (χ4v) is 1.80. The molecule has 2 heterocycles. The molecule has 0 radical (unpaired) electrons. The van der Waals surface area contributed by atoms with E-state index in [1.54, 1.807) is 17.3 Å². The van der Waals surface area contributed by atoms with Gasteiger partial charge in [0.25, 0.3) is 0 Å². The minimum Gasteiger partial charge on any atom is -0.350 e. The number of hydrogen-bond donors (Lipinski definition) is 1. The van der Waals surface area contributed by atoms with Gasteiger partial charge in [-0.1, -0.05) is 6.07 Å². The van der Waals surface area contributed by atoms with Crippen molar-refractivity contribution in [2.24, 2.45) is 0 Å². The number of carbonyl (C=O) groups is 2. The zero-order chi connectivity index (χ0) is 12.1. The third-order valence-corrected chi connectivity index (χ3v) is 2.72. The zero-order valence-electron chi connectivity index (χ0n) is 9.56. The van der Waals surface area contributed by atoms with E-state index in [1.807, 2.05) is 12.1 Å². The van der Waals surface area contributed by atoms with Crippen molar-refractivity contribution in [2.75, 3.05) is 13.1 Å². The Balaban J connectivity index is 1.76. The van der Waals surface area contributed by atoms with Crippen LogP contribution >= 0.6 is 0 Å². The molecular weight excluding hydrogens is 218 g/mol. The molecule has 0 bridgehead atoms. The van der Waals surface area contributed by atoms with Crippen LogP contribution in [0.5, 0.6) is 0 Å². The van der Waals surface area contributed by atoms with Gasteiger partial charge < -0.3 is 10.2 Å². The lowest BCUT2D eigenvalue weighted by molar-refractivity contribution is -0.133. The Morgan fingerprint density at radius 2 is 2.41 bits per heavy atom. The van der Waals surface area contributed by atoms with Gasteiger partial charge in [0.1, 0.15) is 0 Å². The molecule has 5 heteroatoms. The molecule has 2 amide bonds. The van der Waals surface area contributed by atoms with Gasteiger partial charge in [0.05, 0.1) is 6.54 Å². The second kappa shape index (κ2) is 5.43. The SMILES string of the molecule is O=C(CN1CCCC1=O)NCc1cccnc1. The highest BCUT2D eigenvalue weighted by Gasteiger charge is 2.21. The Kier molecular flexibility index (Phi) is 3.69. The Morgan fingerprint density at radius 1 is 1.53 bits per heavy atom. The summed E-state index contributed by atoms with van der Waals surface area (Å²) in [7, 11) is 0. The lowest BCUT2D eigenvalue weighted by Gasteiger charge is -2.14. The first kappa shape index (κ1) is 11.6. The van der Waals surface area contributed by atoms with Crippen molar-refractivity contribution in [3.63, 3.8) is 0 Å². The van der Waals surface area contributed by atoms with Crippen LogP contribution in [0.2, 0.25) is 0 Å². The van der Waals surface area contributed by atoms with Crippen molar-refractivity contribution < 1.29 is 9.59 Å². The van der Waals surface area contributed by atoms with E-state index in [9.17, 15) is 9.59 Å². The number of nitrogens with zero attached hydrogens (tertiary/aromatic N) is 2. The van der Waals surface area contributed by atoms with E-state index in [1.165, 1.54) is 0 Å². The van der Waals surface area contributed by atoms with Crippen LogP contribution in [0.4, 0.5) is 0 Å². The Hall–Kier alpha value is -1.91. The maximum absolute atomic E-state index is 11.6. The predicted octanol–water partition coefficient (Wildman–Crippen LogP) is 0.320. The summed E-state index contributed by atoms with van der Waals surface area (Å²) in [5.41, 5.74) is 0.952. The highest BCUT2D eigenvalue weighted by Crippen LogP contribution is 2.08. The van der Waals surface area contributed by atoms with Crippen LogP contribution in [0.15, 0.2) is 24.5 Å². The highest BCUT2D eigenvalue weighted by atomic mass is 16.2. The van der Waals surface area contributed by atoms with Gasteiger partial charge in [-0.15, -0.1) is 0 Å². The van der Waals surface area contributed by atoms with E-state index >= 15 is 0 Å². The van der Waals surface area contributed by atoms with Gasteiger partial charge >= 0.3 is 0 Å². The molecule has 1 aliphatic heterocycles. The molecule has 1 saturated heterocycles. The molecule has 2 rings (SSSR count). The number of likely N-dealkylation sites (tertiary alicyclic amines) is 1. The number of rotatable bonds is 4. The molecule has 1 aliphatic rings. The number of amides is 2. The summed E-state index contributed by atoms with van der Waals surface area (Å²) in [6.07, 6.45) is 4.82. The molecule has 1 aromatic heterocycles. The van der Waals surface area contributed by atoms with Gasteiger partial charge in [0, 0.05) is 31.9 Å². The van der Waals surface area contributed by atoms with Gasteiger partial charge in [0.2, 0.25) is 11.8 Å². The summed E-state index contributed by atoms with van der Waals surface area (Å²) < 4.78 is 0. The average Bonchev–Trinajstić information content (AvgIpc) is 2.74. The summed E-state index contributed by atoms with van der Waals surface area (Å²) in [5.74, 6) is -0.0503. The van der Waals surface area contributed by atoms with E-state index in [-0.39, 0.29) is 18.4 Å². The standard InChI is InChI=1S/C12H15N3O2/c16-11(9-15-6-2-4-12(15)17)14-8-10-3-1-5-13-7-10/h1,3,5,7H,2,4,6,8-9H2,(H,14,16). The van der Waals surface area contributed by atoms with E-state index in [0.29, 0.717) is 19.5 Å². The first-order chi connectivity index (χ1) is 8.25. The summed E-state index contributed by atoms with van der Waals surface area (Å²) in [6, 6.07) is 3.72. The molecule has 0 aromatic carbocycles. The monoisotopic (exact) mass is 233 g/mol. The molecule has 0 unspecified atom stereocenters. The molecule has 1 fully saturated rings. The van der Waals surface area contributed by atoms with Crippen molar-refractivity contribution in [1.82, 2.24) is 15.2 Å². The maximum Gasteiger partial charge on any atom is 0.239 e. The summed E-state index contributed by atoms with van der Waals surface area (Å²) in [5, 5.41) is 2.77. The van der Waals surface area contributed by atoms with Gasteiger partial charge in [-0.3, -0.25) is 14.6 Å². The van der Waals surface area contributed by atoms with Crippen LogP contribution in [0, 0.1) is 0 Å². The Bertz CT molecular complexity index is 405. The zero-order valence-corrected chi connectivity index (χ0v) is 9.56. The van der Waals surface area contributed by atoms with E-state index in [4.69, 9.17) is 0 Å². The second-order valence-corrected chi connectivity index (χ2v) is 4.06. The summed E-state index contributed by atoms with van der Waals surface area (Å²) >= 11 is 0. The number of nitrogens with one attached hydrogen (secondary N) is 1. The summed E-state index contributed by atoms with van der Waals surface area (Å²) in [6.45, 7) is 1.31. The second-order valence-electron chi connectivity index (χ2n) is 4.06. The van der Waals surface area contributed by atoms with Gasteiger partial charge in [-0.05, 0) is 18.1 Å². The van der Waals surface area contributed by atoms with Crippen LogP contribution in [0.3, 0.4) is 0 Å². The van der Waals surface area contributed by atoms with E-state index in [0.717, 1.165) is 12.0 Å². The molecule has 1 aromatic rings. The lowest BCUT2D eigenvalue weighted by Crippen LogP contribution is -2.37. The van der Waals surface area contributed by atoms with Crippen molar-refractivity contribution in [3.8, 4) is 0 Å². The Labute approximate surface area is 99.8 Å². The number of pyridine rings is 1. The number of aromatic nitrogens is 1. The molecule has 0 aliphatic carbocycles. The number of hydrogen-bond acceptors (Lipinski definition) is 3. The number of carbonyl (C=O) groups excluding carboxylic acids is 2. The quantitative estimate of drug-likeness (QED) is 0.814. The van der Waals surface area contributed by atoms with Crippen molar-refractivity contribution in [2.45, 2.75) is 19.4 Å². The topological polar surface area (TPSA) is 62.3 Å². The van der Waals surface area contributed by atoms with Crippen molar-refractivity contribution >= 4 is 11.8 Å². The van der Waals surface area contributed by atoms with Crippen LogP contribution in [-0.4, -0.2) is 34.8 Å². The van der Waals surface area contributed by atoms with Crippen molar-refractivity contribution in [3.05, 3.63) is 30.1 Å². The van der Waals surface area contributed by atoms with Crippen LogP contribution in [-0.2, 0) is 16.1 Å². The predicted molar refractivity (Wildman–Crippen MR) is 61.9 cm³/mol. The van der Waals surface area contributed by atoms with Crippen LogP contribution in [0.25, 0.3) is 0 Å². The average molecular weight is 233 g/mol. The third kappa shape index (κ3) is 3.27. The molecular formula is C12H15N3O2. The van der Waals surface area contributed by atoms with E-state index < -0.39 is 0 Å². The highest BCUT2D eigenvalue weighted by molar-refractivity contribution is 5.85. The van der Waals surface area contributed by atoms with E-state index in [2.05, 4.69) is 10.3 Å². The first-order valence-corrected chi connectivity index (χ1v) is 5.69. The lowest BCUT2D eigenvalue weighted by atomic mass is 10.3. The normalized spacial score (nSPS) is 15.1. The molecule has 5 nitrogen and oxygen atoms in total. The molecule has 1 N–H and O–H groups in total. The largest absolute Gasteiger partial charge is 0.350 e. The summed E-state index contributed by atoms with van der Waals surface area (Å²) in [4.78, 5) is 28.5. The van der Waals surface area contributed by atoms with Gasteiger partial charge in [0.15, 0.2) is 0 Å². The molecule has 0 spiro atoms. The third-order valence-electron chi connectivity index (χ3n) is 2.72. The van der Waals surface area contributed by atoms with Crippen molar-refractivity contribution in [1.29, 1.82) is 0 Å². The smallest absolute Gasteiger partial charge is 0.239 e. The molecule has 0 atom stereocenters. The molecule has 17 heavy (non-hydrogen) atoms. The maximum atomic E-state index is 11.6. The first-order valence-electron chi connectivity index (χ1n) is 5.69. The van der Waals surface area contributed by atoms with Crippen LogP contribution in [0.1, 0.15) is 18.4 Å². The fraction of sp³-hybridized carbons (Fsp3) is 0.417. The fourth-order valence-electron chi connectivity index (χ4n) is 1.80. The van der Waals surface area contributed by atoms with Crippen LogP contribution < -0.4 is 5.32 Å². The molecule has 0 saturated carbocycles. The van der Waals surface area contributed by atoms with Gasteiger partial charge in [-0.2, -0.15) is 0 Å². The minimum absolute atomic E-state index is 0.0709. The van der Waals surface area contributed by atoms with Gasteiger partial charge in [-0.25, -0.2) is 0 Å². The Morgan fingerprint density at radius 3 is 3.06 bits per heavy atom. The molecule has 90 valence electrons. The minimum atomic E-state index is -0.121.